The van der Waals surface area contributed by atoms with Gasteiger partial charge in [0.25, 0.3) is 5.91 Å². The first-order valence-corrected chi connectivity index (χ1v) is 7.52. The molecule has 1 aliphatic heterocycles. The summed E-state index contributed by atoms with van der Waals surface area (Å²) in [5, 5.41) is 3.82. The normalized spacial score (nSPS) is 18.6. The molecule has 1 unspecified atom stereocenters. The zero-order valence-electron chi connectivity index (χ0n) is 11.4. The van der Waals surface area contributed by atoms with Crippen molar-refractivity contribution in [3.05, 3.63) is 40.6 Å². The van der Waals surface area contributed by atoms with Crippen LogP contribution in [-0.2, 0) is 17.8 Å². The molecule has 1 atom stereocenters. The Labute approximate surface area is 121 Å². The van der Waals surface area contributed by atoms with Gasteiger partial charge in [-0.15, -0.1) is 0 Å². The van der Waals surface area contributed by atoms with Gasteiger partial charge in [0.05, 0.1) is 18.7 Å². The molecular weight excluding hydrogens is 274 g/mol. The molecule has 1 aliphatic rings. The van der Waals surface area contributed by atoms with E-state index in [0.717, 1.165) is 17.9 Å². The van der Waals surface area contributed by atoms with Crippen molar-refractivity contribution in [2.75, 3.05) is 20.3 Å². The Balaban J connectivity index is 1.85. The van der Waals surface area contributed by atoms with Crippen LogP contribution < -0.4 is 0 Å². The lowest BCUT2D eigenvalue weighted by Gasteiger charge is -2.23. The number of carbonyl (C=O) groups is 1. The molecule has 5 nitrogen and oxygen atoms in total. The summed E-state index contributed by atoms with van der Waals surface area (Å²) in [4.78, 5) is 18.8. The molecule has 106 valence electrons. The molecule has 0 saturated carbocycles. The average Bonchev–Trinajstić information content (AvgIpc) is 3.07. The summed E-state index contributed by atoms with van der Waals surface area (Å²) in [6.45, 7) is 2.75. The van der Waals surface area contributed by atoms with Gasteiger partial charge in [-0.05, 0) is 11.4 Å². The van der Waals surface area contributed by atoms with Gasteiger partial charge >= 0.3 is 0 Å². The summed E-state index contributed by atoms with van der Waals surface area (Å²) in [5.41, 5.74) is 0.756. The molecule has 0 saturated heterocycles. The first-order chi connectivity index (χ1) is 9.78. The van der Waals surface area contributed by atoms with E-state index in [9.17, 15) is 4.79 Å². The fourth-order valence-electron chi connectivity index (χ4n) is 2.61. The molecule has 0 spiro atoms. The number of aromatic nitrogens is 2. The van der Waals surface area contributed by atoms with Gasteiger partial charge in [0.1, 0.15) is 5.82 Å². The van der Waals surface area contributed by atoms with Crippen molar-refractivity contribution in [3.8, 4) is 0 Å². The number of ether oxygens (including phenoxy) is 1. The topological polar surface area (TPSA) is 47.4 Å². The Hall–Kier alpha value is -1.66. The number of hydrogen-bond acceptors (Lipinski definition) is 4. The Bertz CT molecular complexity index is 579. The van der Waals surface area contributed by atoms with Gasteiger partial charge in [0, 0.05) is 43.9 Å². The average molecular weight is 291 g/mol. The smallest absolute Gasteiger partial charge is 0.255 e. The number of hydrogen-bond donors (Lipinski definition) is 0. The van der Waals surface area contributed by atoms with Gasteiger partial charge in [-0.1, -0.05) is 0 Å². The minimum atomic E-state index is 0.0730. The Morgan fingerprint density at radius 2 is 2.45 bits per heavy atom. The number of methoxy groups -OCH3 is 1. The van der Waals surface area contributed by atoms with Crippen LogP contribution in [0.15, 0.2) is 29.2 Å². The van der Waals surface area contributed by atoms with Crippen LogP contribution in [0, 0.1) is 5.92 Å². The molecule has 0 aliphatic carbocycles. The van der Waals surface area contributed by atoms with Gasteiger partial charge in [-0.25, -0.2) is 4.98 Å². The predicted octanol–water partition coefficient (Wildman–Crippen LogP) is 1.86. The maximum absolute atomic E-state index is 12.5. The Morgan fingerprint density at radius 1 is 1.55 bits per heavy atom. The standard InChI is InChI=1S/C14H17N3O2S/c1-19-9-11-6-16-4-3-15-13(16)8-17(7-11)14(18)12-2-5-20-10-12/h2-5,10-11H,6-9H2,1H3. The number of thiophene rings is 1. The van der Waals surface area contributed by atoms with Crippen molar-refractivity contribution in [3.63, 3.8) is 0 Å². The second-order valence-electron chi connectivity index (χ2n) is 5.01. The van der Waals surface area contributed by atoms with Gasteiger partial charge in [-0.3, -0.25) is 4.79 Å². The second-order valence-corrected chi connectivity index (χ2v) is 5.79. The zero-order chi connectivity index (χ0) is 13.9. The monoisotopic (exact) mass is 291 g/mol. The van der Waals surface area contributed by atoms with Crippen LogP contribution in [0.3, 0.4) is 0 Å². The van der Waals surface area contributed by atoms with E-state index in [0.29, 0.717) is 19.7 Å². The van der Waals surface area contributed by atoms with Crippen LogP contribution in [0.2, 0.25) is 0 Å². The summed E-state index contributed by atoms with van der Waals surface area (Å²) in [7, 11) is 1.70. The maximum atomic E-state index is 12.5. The van der Waals surface area contributed by atoms with Crippen molar-refractivity contribution in [2.24, 2.45) is 5.92 Å². The van der Waals surface area contributed by atoms with Gasteiger partial charge < -0.3 is 14.2 Å². The molecular formula is C14H17N3O2S. The lowest BCUT2D eigenvalue weighted by Crippen LogP contribution is -2.35. The van der Waals surface area contributed by atoms with Crippen LogP contribution in [-0.4, -0.2) is 40.6 Å². The third kappa shape index (κ3) is 2.62. The van der Waals surface area contributed by atoms with Crippen LogP contribution >= 0.6 is 11.3 Å². The first-order valence-electron chi connectivity index (χ1n) is 6.58. The SMILES string of the molecule is COCC1CN(C(=O)c2ccsc2)Cc2nccn2C1. The zero-order valence-corrected chi connectivity index (χ0v) is 12.2. The van der Waals surface area contributed by atoms with Crippen molar-refractivity contribution in [2.45, 2.75) is 13.1 Å². The Kier molecular flexibility index (Phi) is 3.84. The molecule has 0 fully saturated rings. The summed E-state index contributed by atoms with van der Waals surface area (Å²) >= 11 is 1.54. The van der Waals surface area contributed by atoms with E-state index in [2.05, 4.69) is 9.55 Å². The summed E-state index contributed by atoms with van der Waals surface area (Å²) in [6, 6.07) is 1.87. The molecule has 3 heterocycles. The Morgan fingerprint density at radius 3 is 3.20 bits per heavy atom. The molecule has 0 radical (unpaired) electrons. The van der Waals surface area contributed by atoms with Crippen LogP contribution in [0.5, 0.6) is 0 Å². The van der Waals surface area contributed by atoms with Crippen molar-refractivity contribution < 1.29 is 9.53 Å². The fraction of sp³-hybridized carbons (Fsp3) is 0.429. The number of fused-ring (bicyclic) bond motifs is 1. The first kappa shape index (κ1) is 13.3. The van der Waals surface area contributed by atoms with E-state index in [1.54, 1.807) is 24.6 Å². The van der Waals surface area contributed by atoms with Gasteiger partial charge in [0.2, 0.25) is 0 Å². The summed E-state index contributed by atoms with van der Waals surface area (Å²) in [5.74, 6) is 1.30. The molecule has 1 amide bonds. The van der Waals surface area contributed by atoms with E-state index in [1.807, 2.05) is 27.9 Å². The number of rotatable bonds is 3. The van der Waals surface area contributed by atoms with Crippen molar-refractivity contribution >= 4 is 17.2 Å². The van der Waals surface area contributed by atoms with Crippen LogP contribution in [0.1, 0.15) is 16.2 Å². The quantitative estimate of drug-likeness (QED) is 0.867. The minimum absolute atomic E-state index is 0.0730. The molecule has 0 bridgehead atoms. The van der Waals surface area contributed by atoms with Gasteiger partial charge in [-0.2, -0.15) is 11.3 Å². The largest absolute Gasteiger partial charge is 0.384 e. The van der Waals surface area contributed by atoms with Crippen LogP contribution in [0.25, 0.3) is 0 Å². The molecule has 0 N–H and O–H groups in total. The maximum Gasteiger partial charge on any atom is 0.255 e. The van der Waals surface area contributed by atoms with Crippen molar-refractivity contribution in [1.29, 1.82) is 0 Å². The van der Waals surface area contributed by atoms with Crippen LogP contribution in [0.4, 0.5) is 0 Å². The van der Waals surface area contributed by atoms with E-state index >= 15 is 0 Å². The number of carbonyl (C=O) groups excluding carboxylic acids is 1. The highest BCUT2D eigenvalue weighted by Crippen LogP contribution is 2.19. The lowest BCUT2D eigenvalue weighted by molar-refractivity contribution is 0.0666. The van der Waals surface area contributed by atoms with Gasteiger partial charge in [0.15, 0.2) is 0 Å². The molecule has 6 heteroatoms. The third-order valence-electron chi connectivity index (χ3n) is 3.53. The van der Waals surface area contributed by atoms with E-state index in [4.69, 9.17) is 4.74 Å². The third-order valence-corrected chi connectivity index (χ3v) is 4.21. The number of amides is 1. The highest BCUT2D eigenvalue weighted by molar-refractivity contribution is 7.08. The molecule has 20 heavy (non-hydrogen) atoms. The van der Waals surface area contributed by atoms with E-state index in [-0.39, 0.29) is 11.8 Å². The van der Waals surface area contributed by atoms with E-state index in [1.165, 1.54) is 0 Å². The second kappa shape index (κ2) is 5.76. The minimum Gasteiger partial charge on any atom is -0.384 e. The molecule has 3 rings (SSSR count). The van der Waals surface area contributed by atoms with Crippen molar-refractivity contribution in [1.82, 2.24) is 14.5 Å². The fourth-order valence-corrected chi connectivity index (χ4v) is 3.24. The number of imidazole rings is 1. The summed E-state index contributed by atoms with van der Waals surface area (Å²) < 4.78 is 7.39. The van der Waals surface area contributed by atoms with E-state index < -0.39 is 0 Å². The highest BCUT2D eigenvalue weighted by Gasteiger charge is 2.26. The highest BCUT2D eigenvalue weighted by atomic mass is 32.1. The predicted molar refractivity (Wildman–Crippen MR) is 76.7 cm³/mol. The summed E-state index contributed by atoms with van der Waals surface area (Å²) in [6.07, 6.45) is 3.76. The molecule has 2 aromatic heterocycles. The molecule has 0 aromatic carbocycles. The molecule has 2 aromatic rings. The lowest BCUT2D eigenvalue weighted by atomic mass is 10.1. The number of nitrogens with zero attached hydrogens (tertiary/aromatic N) is 3.